The van der Waals surface area contributed by atoms with Gasteiger partial charge in [0.25, 0.3) is 11.8 Å². The molecule has 6 rings (SSSR count). The van der Waals surface area contributed by atoms with Crippen molar-refractivity contribution in [3.8, 4) is 22.6 Å². The number of rotatable bonds is 11. The average molecular weight is 654 g/mol. The average Bonchev–Trinajstić information content (AvgIpc) is 3.84. The number of fused-ring (bicyclic) bond motifs is 2. The molecule has 2 aliphatic heterocycles. The summed E-state index contributed by atoms with van der Waals surface area (Å²) in [5, 5.41) is 5.59. The number of esters is 1. The quantitative estimate of drug-likeness (QED) is 0.160. The number of furan rings is 1. The molecule has 248 valence electrons. The van der Waals surface area contributed by atoms with Crippen LogP contribution >= 0.6 is 0 Å². The smallest absolute Gasteiger partial charge is 0.354 e. The van der Waals surface area contributed by atoms with Crippen LogP contribution in [0.25, 0.3) is 11.1 Å². The number of nitrogens with zero attached hydrogens (tertiary/aromatic N) is 3. The maximum absolute atomic E-state index is 13.1. The number of benzene rings is 2. The summed E-state index contributed by atoms with van der Waals surface area (Å²) in [6.45, 7) is 0.979. The lowest BCUT2D eigenvalue weighted by Gasteiger charge is -2.20. The van der Waals surface area contributed by atoms with Crippen molar-refractivity contribution in [3.05, 3.63) is 78.0 Å². The van der Waals surface area contributed by atoms with E-state index in [0.717, 1.165) is 18.4 Å². The van der Waals surface area contributed by atoms with Crippen molar-refractivity contribution in [1.82, 2.24) is 9.47 Å². The maximum Gasteiger partial charge on any atom is 0.354 e. The van der Waals surface area contributed by atoms with Crippen molar-refractivity contribution in [1.29, 1.82) is 0 Å². The number of aliphatic imine (C=N–C) groups is 1. The molecule has 2 aliphatic rings. The fourth-order valence-electron chi connectivity index (χ4n) is 5.74. The number of carbonyl (C=O) groups is 4. The number of anilines is 2. The highest BCUT2D eigenvalue weighted by molar-refractivity contribution is 6.04. The normalized spacial score (nSPS) is 14.9. The van der Waals surface area contributed by atoms with Gasteiger partial charge in [-0.15, -0.1) is 0 Å². The van der Waals surface area contributed by atoms with E-state index in [-0.39, 0.29) is 36.6 Å². The van der Waals surface area contributed by atoms with Crippen LogP contribution in [-0.4, -0.2) is 72.8 Å². The molecule has 0 spiro atoms. The van der Waals surface area contributed by atoms with Crippen LogP contribution in [0.3, 0.4) is 0 Å². The fourth-order valence-corrected chi connectivity index (χ4v) is 5.74. The molecule has 0 saturated carbocycles. The second-order valence-corrected chi connectivity index (χ2v) is 11.5. The zero-order valence-corrected chi connectivity index (χ0v) is 26.8. The van der Waals surface area contributed by atoms with Gasteiger partial charge in [0.1, 0.15) is 5.69 Å². The van der Waals surface area contributed by atoms with Crippen LogP contribution in [0.4, 0.5) is 17.1 Å². The molecule has 0 bridgehead atoms. The van der Waals surface area contributed by atoms with Crippen molar-refractivity contribution in [2.75, 3.05) is 38.0 Å². The van der Waals surface area contributed by atoms with Crippen LogP contribution in [0, 0.1) is 0 Å². The van der Waals surface area contributed by atoms with E-state index < -0.39 is 11.9 Å². The minimum atomic E-state index is -0.513. The van der Waals surface area contributed by atoms with Crippen molar-refractivity contribution >= 4 is 47.0 Å². The molecule has 1 saturated heterocycles. The van der Waals surface area contributed by atoms with Gasteiger partial charge in [0.05, 0.1) is 50.1 Å². The SMILES string of the molecule is COC(=O)c1cc(NC(=O)c2cc(-c3ccc(NC(=O)CCCOc4cc5c(cc4OC)C(=O)N4CCC[C@H]4C=N5)cc3)co2)cn1C. The van der Waals surface area contributed by atoms with E-state index in [1.54, 1.807) is 48.1 Å². The predicted molar refractivity (Wildman–Crippen MR) is 177 cm³/mol. The Kier molecular flexibility index (Phi) is 9.28. The molecule has 1 atom stereocenters. The molecular formula is C35H35N5O8. The monoisotopic (exact) mass is 653 g/mol. The lowest BCUT2D eigenvalue weighted by molar-refractivity contribution is -0.116. The van der Waals surface area contributed by atoms with Gasteiger partial charge in [-0.25, -0.2) is 4.79 Å². The molecular weight excluding hydrogens is 618 g/mol. The van der Waals surface area contributed by atoms with Gasteiger partial charge >= 0.3 is 5.97 Å². The van der Waals surface area contributed by atoms with Crippen LogP contribution in [-0.2, 0) is 16.6 Å². The first-order valence-corrected chi connectivity index (χ1v) is 15.5. The first kappa shape index (κ1) is 32.1. The molecule has 13 heteroatoms. The first-order valence-electron chi connectivity index (χ1n) is 15.5. The van der Waals surface area contributed by atoms with Crippen LogP contribution in [0.1, 0.15) is 57.1 Å². The highest BCUT2D eigenvalue weighted by Gasteiger charge is 2.32. The molecule has 2 N–H and O–H groups in total. The number of aromatic nitrogens is 1. The van der Waals surface area contributed by atoms with E-state index in [1.807, 2.05) is 23.2 Å². The summed E-state index contributed by atoms with van der Waals surface area (Å²) >= 11 is 0. The van der Waals surface area contributed by atoms with Crippen molar-refractivity contribution in [2.24, 2.45) is 12.0 Å². The molecule has 48 heavy (non-hydrogen) atoms. The van der Waals surface area contributed by atoms with E-state index in [2.05, 4.69) is 15.6 Å². The Bertz CT molecular complexity index is 1890. The Balaban J connectivity index is 0.988. The van der Waals surface area contributed by atoms with E-state index in [1.165, 1.54) is 26.5 Å². The lowest BCUT2D eigenvalue weighted by Crippen LogP contribution is -2.35. The number of nitrogens with one attached hydrogen (secondary N) is 2. The predicted octanol–water partition coefficient (Wildman–Crippen LogP) is 5.45. The Morgan fingerprint density at radius 3 is 2.58 bits per heavy atom. The van der Waals surface area contributed by atoms with Crippen LogP contribution in [0.2, 0.25) is 0 Å². The van der Waals surface area contributed by atoms with Crippen molar-refractivity contribution < 1.29 is 37.8 Å². The van der Waals surface area contributed by atoms with Gasteiger partial charge in [-0.05, 0) is 55.2 Å². The zero-order valence-electron chi connectivity index (χ0n) is 26.8. The van der Waals surface area contributed by atoms with E-state index in [4.69, 9.17) is 18.6 Å². The third-order valence-electron chi connectivity index (χ3n) is 8.25. The van der Waals surface area contributed by atoms with E-state index in [0.29, 0.717) is 58.3 Å². The highest BCUT2D eigenvalue weighted by Crippen LogP contribution is 2.38. The van der Waals surface area contributed by atoms with Gasteiger partial charge in [-0.1, -0.05) is 12.1 Å². The molecule has 3 amide bonds. The molecule has 1 fully saturated rings. The molecule has 13 nitrogen and oxygen atoms in total. The summed E-state index contributed by atoms with van der Waals surface area (Å²) in [5.41, 5.74) is 3.85. The van der Waals surface area contributed by atoms with Gasteiger partial charge in [-0.2, -0.15) is 0 Å². The molecule has 0 unspecified atom stereocenters. The number of hydrogen-bond donors (Lipinski definition) is 2. The standard InChI is InChI=1S/C35H35N5O8/c1-39-19-24(15-28(39)35(44)46-3)38-33(42)31-14-22(20-48-31)21-8-10-23(11-9-21)37-32(41)7-5-13-47-30-17-27-26(16-29(30)45-2)34(43)40-12-4-6-25(40)18-36-27/h8-11,14-20,25H,4-7,12-13H2,1-3H3,(H,37,41)(H,38,42)/t25-/m0/s1. The van der Waals surface area contributed by atoms with Gasteiger partial charge in [0.15, 0.2) is 17.3 Å². The van der Waals surface area contributed by atoms with E-state index >= 15 is 0 Å². The summed E-state index contributed by atoms with van der Waals surface area (Å²) in [5.74, 6) is -0.214. The number of carbonyl (C=O) groups excluding carboxylic acids is 4. The summed E-state index contributed by atoms with van der Waals surface area (Å²) in [6, 6.07) is 13.7. The van der Waals surface area contributed by atoms with Gasteiger partial charge in [0.2, 0.25) is 5.91 Å². The first-order chi connectivity index (χ1) is 23.2. The Morgan fingerprint density at radius 2 is 1.81 bits per heavy atom. The number of ether oxygens (including phenoxy) is 3. The van der Waals surface area contributed by atoms with Crippen molar-refractivity contribution in [3.63, 3.8) is 0 Å². The fraction of sp³-hybridized carbons (Fsp3) is 0.286. The molecule has 4 aromatic rings. The van der Waals surface area contributed by atoms with Gasteiger partial charge in [0, 0.05) is 49.7 Å². The summed E-state index contributed by atoms with van der Waals surface area (Å²) < 4.78 is 23.2. The number of hydrogen-bond acceptors (Lipinski definition) is 9. The Hall–Kier alpha value is -5.85. The topological polar surface area (TPSA) is 154 Å². The van der Waals surface area contributed by atoms with Crippen LogP contribution in [0.5, 0.6) is 11.5 Å². The second-order valence-electron chi connectivity index (χ2n) is 11.5. The highest BCUT2D eigenvalue weighted by atomic mass is 16.5. The van der Waals surface area contributed by atoms with Crippen LogP contribution < -0.4 is 20.1 Å². The van der Waals surface area contributed by atoms with Crippen molar-refractivity contribution in [2.45, 2.75) is 31.7 Å². The minimum Gasteiger partial charge on any atom is -0.493 e. The Labute approximate surface area is 276 Å². The Morgan fingerprint density at radius 1 is 1.00 bits per heavy atom. The number of amides is 3. The molecule has 2 aromatic carbocycles. The largest absolute Gasteiger partial charge is 0.493 e. The number of aryl methyl sites for hydroxylation is 1. The van der Waals surface area contributed by atoms with Crippen LogP contribution in [0.15, 0.2) is 70.4 Å². The third-order valence-corrected chi connectivity index (χ3v) is 8.25. The minimum absolute atomic E-state index is 0.0124. The molecule has 2 aromatic heterocycles. The number of methoxy groups -OCH3 is 2. The molecule has 0 aliphatic carbocycles. The second kappa shape index (κ2) is 13.9. The maximum atomic E-state index is 13.1. The zero-order chi connectivity index (χ0) is 33.8. The summed E-state index contributed by atoms with van der Waals surface area (Å²) in [7, 11) is 4.48. The summed E-state index contributed by atoms with van der Waals surface area (Å²) in [4.78, 5) is 56.6. The third kappa shape index (κ3) is 6.80. The lowest BCUT2D eigenvalue weighted by atomic mass is 10.1. The molecule has 0 radical (unpaired) electrons. The van der Waals surface area contributed by atoms with Gasteiger partial charge < -0.3 is 38.7 Å². The summed E-state index contributed by atoms with van der Waals surface area (Å²) in [6.07, 6.45) is 7.44. The molecule has 4 heterocycles. The van der Waals surface area contributed by atoms with Gasteiger partial charge in [-0.3, -0.25) is 19.4 Å². The van der Waals surface area contributed by atoms with E-state index in [9.17, 15) is 19.2 Å².